The van der Waals surface area contributed by atoms with Crippen LogP contribution in [0.3, 0.4) is 0 Å². The van der Waals surface area contributed by atoms with Crippen molar-refractivity contribution < 1.29 is 33.4 Å². The molecule has 0 heterocycles. The van der Waals surface area contributed by atoms with Crippen molar-refractivity contribution in [2.24, 2.45) is 34.0 Å². The van der Waals surface area contributed by atoms with Crippen molar-refractivity contribution in [3.63, 3.8) is 0 Å². The molecule has 0 fully saturated rings. The lowest BCUT2D eigenvalue weighted by Crippen LogP contribution is -2.56. The van der Waals surface area contributed by atoms with Gasteiger partial charge in [0.1, 0.15) is 36.2 Å². The number of rotatable bonds is 26. The number of ether oxygens (including phenoxy) is 3. The number of hydrogen-bond donors (Lipinski definition) is 6. The Labute approximate surface area is 409 Å². The highest BCUT2D eigenvalue weighted by molar-refractivity contribution is 6.36. The fourth-order valence-electron chi connectivity index (χ4n) is 7.72. The van der Waals surface area contributed by atoms with E-state index >= 15 is 0 Å². The molecule has 16 heteroatoms. The third-order valence-electron chi connectivity index (χ3n) is 11.2. The quantitative estimate of drug-likeness (QED) is 0.0135. The van der Waals surface area contributed by atoms with Crippen molar-refractivity contribution in [2.45, 2.75) is 97.4 Å². The predicted octanol–water partition coefficient (Wildman–Crippen LogP) is 8.20. The summed E-state index contributed by atoms with van der Waals surface area (Å²) in [5, 5.41) is 13.0. The van der Waals surface area contributed by atoms with Crippen molar-refractivity contribution in [3.8, 4) is 22.6 Å². The normalized spacial score (nSPS) is 12.6. The van der Waals surface area contributed by atoms with E-state index in [1.54, 1.807) is 18.2 Å². The second-order valence-electron chi connectivity index (χ2n) is 17.6. The fraction of sp³-hybridized carbons (Fsp3) is 0.404. The number of guanidine groups is 1. The maximum atomic E-state index is 14.2. The number of halogens is 2. The molecule has 14 nitrogen and oxygen atoms in total. The molecule has 0 aliphatic carbocycles. The van der Waals surface area contributed by atoms with E-state index in [2.05, 4.69) is 34.8 Å². The van der Waals surface area contributed by atoms with Gasteiger partial charge in [0, 0.05) is 33.3 Å². The highest BCUT2D eigenvalue weighted by atomic mass is 35.5. The summed E-state index contributed by atoms with van der Waals surface area (Å²) < 4.78 is 18.5. The summed E-state index contributed by atoms with van der Waals surface area (Å²) in [6.07, 6.45) is 2.81. The van der Waals surface area contributed by atoms with Crippen LogP contribution in [0.4, 0.5) is 0 Å². The molecule has 0 spiro atoms. The Kier molecular flexibility index (Phi) is 20.6. The molecule has 3 atom stereocenters. The smallest absolute Gasteiger partial charge is 0.328 e. The highest BCUT2D eigenvalue weighted by Crippen LogP contribution is 2.45. The minimum Gasteiger partial charge on any atom is -0.493 e. The molecule has 0 aliphatic heterocycles. The number of unbranched alkanes of at least 4 members (excludes halogenated alkanes) is 1. The fourth-order valence-corrected chi connectivity index (χ4v) is 8.23. The number of aliphatic imine (C=N–C) groups is 1. The average Bonchev–Trinajstić information content (AvgIpc) is 3.30. The minimum atomic E-state index is -1.15. The Balaban J connectivity index is 1.38. The molecule has 3 amide bonds. The summed E-state index contributed by atoms with van der Waals surface area (Å²) in [4.78, 5) is 59.8. The Bertz CT molecular complexity index is 2510. The van der Waals surface area contributed by atoms with E-state index in [4.69, 9.17) is 54.6 Å². The SMILES string of the molecule is CC(C)CCOc1ccc2ccccc2c1-c1c(OCC(=O)N[C@H](CCCCN)C(=O)N[C@H](CCCN=C(N)N)C(=O)N[C@@H](CC(C)C)C(=O)OCc2c(Cl)cccc2Cl)ccc2ccccc12. The van der Waals surface area contributed by atoms with Crippen molar-refractivity contribution in [1.29, 1.82) is 0 Å². The number of benzene rings is 5. The second kappa shape index (κ2) is 26.5. The molecule has 0 unspecified atom stereocenters. The van der Waals surface area contributed by atoms with E-state index in [-0.39, 0.29) is 44.3 Å². The van der Waals surface area contributed by atoms with Crippen LogP contribution in [-0.4, -0.2) is 74.1 Å². The molecule has 5 rings (SSSR count). The monoisotopic (exact) mass is 969 g/mol. The number of fused-ring (bicyclic) bond motifs is 2. The standard InChI is InChI=1S/C52H65Cl2N7O7/c1-32(2)25-28-66-44-23-21-34-13-5-7-15-36(34)47(44)48-37-16-8-6-14-35(37)22-24-45(48)67-31-46(62)59-41(19-9-10-26-55)49(63)60-42(20-12-27-58-52(56)57)50(64)61-43(29-33(3)4)51(65)68-30-38-39(53)17-11-18-40(38)54/h5-8,11,13-18,21-24,32-33,41-43H,9-10,12,19-20,25-31,55H2,1-4H3,(H,59,62)(H,60,63)(H,61,64)(H4,56,57,58)/t41-,42-,43+/m1/s1. The first-order chi connectivity index (χ1) is 32.7. The van der Waals surface area contributed by atoms with Crippen LogP contribution in [0.25, 0.3) is 32.7 Å². The summed E-state index contributed by atoms with van der Waals surface area (Å²) in [6, 6.07) is 25.5. The first kappa shape index (κ1) is 52.9. The number of nitrogens with two attached hydrogens (primary N) is 3. The molecule has 364 valence electrons. The molecule has 5 aromatic carbocycles. The molecule has 5 aromatic rings. The lowest BCUT2D eigenvalue weighted by molar-refractivity contribution is -0.150. The zero-order valence-electron chi connectivity index (χ0n) is 39.3. The van der Waals surface area contributed by atoms with Crippen LogP contribution in [-0.2, 0) is 30.5 Å². The number of nitrogens with one attached hydrogen (secondary N) is 3. The van der Waals surface area contributed by atoms with Crippen molar-refractivity contribution in [3.05, 3.63) is 107 Å². The van der Waals surface area contributed by atoms with Crippen LogP contribution in [0.2, 0.25) is 10.0 Å². The van der Waals surface area contributed by atoms with Crippen LogP contribution in [0, 0.1) is 11.8 Å². The molecule has 0 aliphatic rings. The molecular weight excluding hydrogens is 906 g/mol. The summed E-state index contributed by atoms with van der Waals surface area (Å²) in [6.45, 7) is 8.52. The van der Waals surface area contributed by atoms with E-state index < -0.39 is 48.4 Å². The Morgan fingerprint density at radius 3 is 1.76 bits per heavy atom. The molecule has 68 heavy (non-hydrogen) atoms. The topological polar surface area (TPSA) is 222 Å². The Morgan fingerprint density at radius 1 is 0.632 bits per heavy atom. The van der Waals surface area contributed by atoms with Gasteiger partial charge in [-0.25, -0.2) is 4.79 Å². The van der Waals surface area contributed by atoms with E-state index in [9.17, 15) is 19.2 Å². The second-order valence-corrected chi connectivity index (χ2v) is 18.4. The Hall–Kier alpha value is -6.09. The van der Waals surface area contributed by atoms with E-state index in [1.165, 1.54) is 0 Å². The van der Waals surface area contributed by atoms with Gasteiger partial charge in [-0.2, -0.15) is 0 Å². The Morgan fingerprint density at radius 2 is 1.19 bits per heavy atom. The minimum absolute atomic E-state index is 0.0289. The summed E-state index contributed by atoms with van der Waals surface area (Å²) in [5.74, 6) is -1.08. The molecular formula is C52H65Cl2N7O7. The molecule has 0 saturated heterocycles. The number of carbonyl (C=O) groups excluding carboxylic acids is 4. The number of carbonyl (C=O) groups is 4. The summed E-state index contributed by atoms with van der Waals surface area (Å²) in [5.41, 5.74) is 19.0. The van der Waals surface area contributed by atoms with Crippen molar-refractivity contribution >= 4 is 74.4 Å². The van der Waals surface area contributed by atoms with Crippen LogP contribution >= 0.6 is 23.2 Å². The molecule has 0 saturated carbocycles. The van der Waals surface area contributed by atoms with Gasteiger partial charge >= 0.3 is 5.97 Å². The maximum absolute atomic E-state index is 14.2. The lowest BCUT2D eigenvalue weighted by atomic mass is 9.92. The number of hydrogen-bond acceptors (Lipinski definition) is 9. The number of esters is 1. The van der Waals surface area contributed by atoms with Gasteiger partial charge in [0.05, 0.1) is 6.61 Å². The number of amides is 3. The first-order valence-corrected chi connectivity index (χ1v) is 24.0. The largest absolute Gasteiger partial charge is 0.493 e. The van der Waals surface area contributed by atoms with Gasteiger partial charge in [0.15, 0.2) is 12.6 Å². The van der Waals surface area contributed by atoms with Gasteiger partial charge in [-0.3, -0.25) is 19.4 Å². The van der Waals surface area contributed by atoms with E-state index in [1.807, 2.05) is 86.6 Å². The zero-order valence-corrected chi connectivity index (χ0v) is 40.8. The molecule has 0 radical (unpaired) electrons. The van der Waals surface area contributed by atoms with Gasteiger partial charge in [-0.05, 0) is 109 Å². The van der Waals surface area contributed by atoms with Gasteiger partial charge in [0.25, 0.3) is 5.91 Å². The molecule has 9 N–H and O–H groups in total. The van der Waals surface area contributed by atoms with Gasteiger partial charge in [-0.1, -0.05) is 118 Å². The maximum Gasteiger partial charge on any atom is 0.328 e. The van der Waals surface area contributed by atoms with Crippen LogP contribution in [0.15, 0.2) is 96.0 Å². The zero-order chi connectivity index (χ0) is 49.2. The molecule has 0 aromatic heterocycles. The number of nitrogens with zero attached hydrogens (tertiary/aromatic N) is 1. The van der Waals surface area contributed by atoms with Gasteiger partial charge < -0.3 is 47.4 Å². The summed E-state index contributed by atoms with van der Waals surface area (Å²) >= 11 is 12.6. The first-order valence-electron chi connectivity index (χ1n) is 23.2. The molecule has 0 bridgehead atoms. The van der Waals surface area contributed by atoms with E-state index in [0.29, 0.717) is 65.4 Å². The van der Waals surface area contributed by atoms with Crippen molar-refractivity contribution in [1.82, 2.24) is 16.0 Å². The summed E-state index contributed by atoms with van der Waals surface area (Å²) in [7, 11) is 0. The van der Waals surface area contributed by atoms with Crippen LogP contribution in [0.5, 0.6) is 11.5 Å². The van der Waals surface area contributed by atoms with Crippen LogP contribution < -0.4 is 42.6 Å². The van der Waals surface area contributed by atoms with Gasteiger partial charge in [-0.15, -0.1) is 0 Å². The van der Waals surface area contributed by atoms with Crippen molar-refractivity contribution in [2.75, 3.05) is 26.3 Å². The third kappa shape index (κ3) is 15.5. The lowest BCUT2D eigenvalue weighted by Gasteiger charge is -2.26. The van der Waals surface area contributed by atoms with Crippen LogP contribution in [0.1, 0.15) is 78.2 Å². The highest BCUT2D eigenvalue weighted by Gasteiger charge is 2.31. The average molecular weight is 971 g/mol. The third-order valence-corrected chi connectivity index (χ3v) is 12.0. The predicted molar refractivity (Wildman–Crippen MR) is 272 cm³/mol. The van der Waals surface area contributed by atoms with E-state index in [0.717, 1.165) is 39.1 Å². The van der Waals surface area contributed by atoms with Gasteiger partial charge in [0.2, 0.25) is 11.8 Å².